The summed E-state index contributed by atoms with van der Waals surface area (Å²) in [6, 6.07) is 25.8. The number of aromatic nitrogens is 8. The molecule has 0 spiro atoms. The number of fused-ring (bicyclic) bond motifs is 1. The summed E-state index contributed by atoms with van der Waals surface area (Å²) in [4.78, 5) is 45.1. The molecular weight excluding hydrogens is 596 g/mol. The highest BCUT2D eigenvalue weighted by Gasteiger charge is 2.23. The Bertz CT molecular complexity index is 2100. The molecule has 0 bridgehead atoms. The van der Waals surface area contributed by atoms with Crippen LogP contribution >= 0.6 is 0 Å². The molecule has 0 radical (unpaired) electrons. The van der Waals surface area contributed by atoms with Gasteiger partial charge in [0.15, 0.2) is 17.0 Å². The van der Waals surface area contributed by atoms with Crippen LogP contribution in [0.1, 0.15) is 43.1 Å². The molecule has 0 aliphatic rings. The van der Waals surface area contributed by atoms with Crippen LogP contribution in [0.15, 0.2) is 88.5 Å². The normalized spacial score (nSPS) is 11.3. The average Bonchev–Trinajstić information content (AvgIpc) is 3.77. The van der Waals surface area contributed by atoms with Gasteiger partial charge in [-0.2, -0.15) is 0 Å². The first kappa shape index (κ1) is 31.3. The third-order valence-corrected chi connectivity index (χ3v) is 8.31. The average molecular weight is 633 g/mol. The number of hydrogen-bond acceptors (Lipinski definition) is 8. The fourth-order valence-electron chi connectivity index (χ4n) is 5.84. The Morgan fingerprint density at radius 1 is 0.830 bits per heavy atom. The Kier molecular flexibility index (Phi) is 9.46. The SMILES string of the molecule is CCCCCc1nc2c(c(=O)n(CC(=O)OC)c(=O)n2CCc2ccccc2)n1Cc1ccc(-c2ccccc2-c2nnn[nH]2)cc1. The lowest BCUT2D eigenvalue weighted by Crippen LogP contribution is -2.42. The van der Waals surface area contributed by atoms with E-state index in [9.17, 15) is 14.4 Å². The number of imidazole rings is 1. The molecule has 0 amide bonds. The third-order valence-electron chi connectivity index (χ3n) is 8.31. The summed E-state index contributed by atoms with van der Waals surface area (Å²) in [7, 11) is 1.24. The van der Waals surface area contributed by atoms with Crippen molar-refractivity contribution in [3.63, 3.8) is 0 Å². The van der Waals surface area contributed by atoms with E-state index in [1.807, 2.05) is 83.4 Å². The van der Waals surface area contributed by atoms with E-state index in [0.29, 0.717) is 42.9 Å². The molecule has 3 heterocycles. The first-order valence-electron chi connectivity index (χ1n) is 15.7. The fraction of sp³-hybridized carbons (Fsp3) is 0.286. The molecule has 6 rings (SSSR count). The Morgan fingerprint density at radius 2 is 1.57 bits per heavy atom. The number of methoxy groups -OCH3 is 1. The summed E-state index contributed by atoms with van der Waals surface area (Å²) in [5.74, 6) is 0.624. The molecule has 1 N–H and O–H groups in total. The van der Waals surface area contributed by atoms with E-state index < -0.39 is 23.8 Å². The summed E-state index contributed by atoms with van der Waals surface area (Å²) in [6.07, 6.45) is 4.11. The van der Waals surface area contributed by atoms with Crippen LogP contribution in [-0.4, -0.2) is 52.4 Å². The molecule has 47 heavy (non-hydrogen) atoms. The summed E-state index contributed by atoms with van der Waals surface area (Å²) >= 11 is 0. The van der Waals surface area contributed by atoms with Crippen molar-refractivity contribution < 1.29 is 9.53 Å². The standard InChI is InChI=1S/C35H36N8O4/c1-3-4-6-15-29-36-33-31(34(45)43(23-30(44)47-2)35(46)41(33)21-20-24-11-7-5-8-12-24)42(29)22-25-16-18-26(19-17-25)27-13-9-10-14-28(27)32-37-39-40-38-32/h5,7-14,16-19H,3-4,6,15,20-23H2,1-2H3,(H,37,38,39,40). The third kappa shape index (κ3) is 6.67. The van der Waals surface area contributed by atoms with E-state index >= 15 is 0 Å². The molecule has 240 valence electrons. The van der Waals surface area contributed by atoms with Crippen molar-refractivity contribution in [1.29, 1.82) is 0 Å². The number of carbonyl (C=O) groups excluding carboxylic acids is 1. The van der Waals surface area contributed by atoms with Crippen LogP contribution in [0.4, 0.5) is 0 Å². The van der Waals surface area contributed by atoms with Crippen LogP contribution in [0, 0.1) is 0 Å². The number of benzene rings is 3. The van der Waals surface area contributed by atoms with E-state index in [1.165, 1.54) is 11.7 Å². The highest BCUT2D eigenvalue weighted by molar-refractivity contribution is 5.80. The second-order valence-electron chi connectivity index (χ2n) is 11.4. The van der Waals surface area contributed by atoms with Crippen LogP contribution < -0.4 is 11.2 Å². The van der Waals surface area contributed by atoms with Crippen LogP contribution in [0.25, 0.3) is 33.7 Å². The zero-order valence-electron chi connectivity index (χ0n) is 26.4. The number of hydrogen-bond donors (Lipinski definition) is 1. The smallest absolute Gasteiger partial charge is 0.333 e. The minimum absolute atomic E-state index is 0.292. The zero-order chi connectivity index (χ0) is 32.8. The minimum Gasteiger partial charge on any atom is -0.468 e. The first-order valence-corrected chi connectivity index (χ1v) is 15.7. The fourth-order valence-corrected chi connectivity index (χ4v) is 5.84. The van der Waals surface area contributed by atoms with Gasteiger partial charge in [0.2, 0.25) is 0 Å². The number of rotatable bonds is 13. The monoisotopic (exact) mass is 632 g/mol. The molecule has 0 saturated carbocycles. The highest BCUT2D eigenvalue weighted by Crippen LogP contribution is 2.30. The van der Waals surface area contributed by atoms with Crippen molar-refractivity contribution in [2.24, 2.45) is 0 Å². The summed E-state index contributed by atoms with van der Waals surface area (Å²) in [5, 5.41) is 14.3. The number of H-pyrrole nitrogens is 1. The van der Waals surface area contributed by atoms with Gasteiger partial charge in [-0.15, -0.1) is 5.10 Å². The van der Waals surface area contributed by atoms with Crippen molar-refractivity contribution in [3.8, 4) is 22.5 Å². The summed E-state index contributed by atoms with van der Waals surface area (Å²) in [6.45, 7) is 2.30. The van der Waals surface area contributed by atoms with E-state index in [1.54, 1.807) is 0 Å². The van der Waals surface area contributed by atoms with Crippen molar-refractivity contribution >= 4 is 17.1 Å². The topological polar surface area (TPSA) is 143 Å². The maximum atomic E-state index is 14.0. The maximum absolute atomic E-state index is 14.0. The molecular formula is C35H36N8O4. The van der Waals surface area contributed by atoms with Gasteiger partial charge in [-0.3, -0.25) is 14.2 Å². The Hall–Kier alpha value is -5.65. The molecule has 3 aromatic carbocycles. The van der Waals surface area contributed by atoms with Crippen molar-refractivity contribution in [3.05, 3.63) is 117 Å². The molecule has 6 aromatic rings. The summed E-state index contributed by atoms with van der Waals surface area (Å²) in [5.41, 5.74) is 4.30. The molecule has 0 fully saturated rings. The predicted octanol–water partition coefficient (Wildman–Crippen LogP) is 4.40. The number of aromatic amines is 1. The zero-order valence-corrected chi connectivity index (χ0v) is 26.4. The molecule has 12 heteroatoms. The van der Waals surface area contributed by atoms with Crippen LogP contribution in [0.5, 0.6) is 0 Å². The number of nitrogens with zero attached hydrogens (tertiary/aromatic N) is 7. The van der Waals surface area contributed by atoms with Gasteiger partial charge in [0.1, 0.15) is 12.4 Å². The number of nitrogens with one attached hydrogen (secondary N) is 1. The van der Waals surface area contributed by atoms with Gasteiger partial charge in [0, 0.05) is 25.1 Å². The lowest BCUT2D eigenvalue weighted by molar-refractivity contribution is -0.141. The maximum Gasteiger partial charge on any atom is 0.333 e. The van der Waals surface area contributed by atoms with E-state index in [4.69, 9.17) is 9.72 Å². The lowest BCUT2D eigenvalue weighted by atomic mass is 9.98. The largest absolute Gasteiger partial charge is 0.468 e. The van der Waals surface area contributed by atoms with Gasteiger partial charge in [-0.25, -0.2) is 19.4 Å². The van der Waals surface area contributed by atoms with Gasteiger partial charge in [0.25, 0.3) is 5.56 Å². The molecule has 0 aliphatic heterocycles. The van der Waals surface area contributed by atoms with Crippen LogP contribution in [-0.2, 0) is 42.0 Å². The number of carbonyl (C=O) groups is 1. The number of tetrazole rings is 1. The number of aryl methyl sites for hydroxylation is 3. The summed E-state index contributed by atoms with van der Waals surface area (Å²) < 4.78 is 9.23. The van der Waals surface area contributed by atoms with Crippen molar-refractivity contribution in [1.82, 2.24) is 39.3 Å². The second-order valence-corrected chi connectivity index (χ2v) is 11.4. The van der Waals surface area contributed by atoms with Crippen LogP contribution in [0.3, 0.4) is 0 Å². The number of unbranched alkanes of at least 4 members (excludes halogenated alkanes) is 2. The Morgan fingerprint density at radius 3 is 2.28 bits per heavy atom. The van der Waals surface area contributed by atoms with Gasteiger partial charge in [-0.05, 0) is 45.5 Å². The molecule has 0 aliphatic carbocycles. The van der Waals surface area contributed by atoms with Gasteiger partial charge >= 0.3 is 11.7 Å². The molecule has 0 unspecified atom stereocenters. The second kappa shape index (κ2) is 14.2. The van der Waals surface area contributed by atoms with Crippen molar-refractivity contribution in [2.75, 3.05) is 7.11 Å². The number of esters is 1. The Labute approximate surface area is 270 Å². The first-order chi connectivity index (χ1) is 23.0. The highest BCUT2D eigenvalue weighted by atomic mass is 16.5. The predicted molar refractivity (Wildman–Crippen MR) is 178 cm³/mol. The van der Waals surface area contributed by atoms with E-state index in [-0.39, 0.29) is 0 Å². The molecule has 0 atom stereocenters. The molecule has 12 nitrogen and oxygen atoms in total. The molecule has 3 aromatic heterocycles. The van der Waals surface area contributed by atoms with Crippen LogP contribution in [0.2, 0.25) is 0 Å². The molecule has 0 saturated heterocycles. The quantitative estimate of drug-likeness (QED) is 0.146. The number of ether oxygens (including phenoxy) is 1. The van der Waals surface area contributed by atoms with Crippen molar-refractivity contribution in [2.45, 2.75) is 58.7 Å². The Balaban J connectivity index is 1.44. The van der Waals surface area contributed by atoms with Gasteiger partial charge in [-0.1, -0.05) is 98.6 Å². The van der Waals surface area contributed by atoms with E-state index in [2.05, 4.69) is 27.5 Å². The lowest BCUT2D eigenvalue weighted by Gasteiger charge is -2.13. The van der Waals surface area contributed by atoms with Gasteiger partial charge < -0.3 is 9.30 Å². The van der Waals surface area contributed by atoms with E-state index in [0.717, 1.165) is 57.5 Å². The minimum atomic E-state index is -0.677. The van der Waals surface area contributed by atoms with Gasteiger partial charge in [0.05, 0.1) is 7.11 Å².